The van der Waals surface area contributed by atoms with Crippen LogP contribution < -0.4 is 4.90 Å². The fraction of sp³-hybridized carbons (Fsp3) is 0.455. The maximum absolute atomic E-state index is 12.8. The molecule has 0 amide bonds. The van der Waals surface area contributed by atoms with Gasteiger partial charge in [0.1, 0.15) is 5.69 Å². The fourth-order valence-electron chi connectivity index (χ4n) is 3.63. The maximum Gasteiger partial charge on any atom is 0.355 e. The van der Waals surface area contributed by atoms with E-state index in [1.807, 2.05) is 34.9 Å². The first-order valence-electron chi connectivity index (χ1n) is 9.47. The van der Waals surface area contributed by atoms with Crippen LogP contribution in [0, 0.1) is 12.8 Å². The molecule has 0 saturated heterocycles. The van der Waals surface area contributed by atoms with Crippen LogP contribution in [0.2, 0.25) is 0 Å². The molecule has 0 spiro atoms. The van der Waals surface area contributed by atoms with Gasteiger partial charge in [-0.15, -0.1) is 0 Å². The second kappa shape index (κ2) is 7.59. The van der Waals surface area contributed by atoms with Crippen LogP contribution in [-0.4, -0.2) is 37.4 Å². The van der Waals surface area contributed by atoms with E-state index in [0.717, 1.165) is 23.4 Å². The molecule has 27 heavy (non-hydrogen) atoms. The first-order chi connectivity index (χ1) is 12.8. The number of hydrogen-bond donors (Lipinski definition) is 1. The second-order valence-corrected chi connectivity index (χ2v) is 7.99. The molecule has 0 fully saturated rings. The highest BCUT2D eigenvalue weighted by atomic mass is 16.5. The first-order valence-corrected chi connectivity index (χ1v) is 9.47. The summed E-state index contributed by atoms with van der Waals surface area (Å²) >= 11 is 0. The SMILES string of the molecule is Cc1c(C(=O)OCC(C)C)[nH]c2c1C(=O)C[C@H](c1ccc(N(C)C)cc1)C2. The number of hydrogen-bond acceptors (Lipinski definition) is 4. The van der Waals surface area contributed by atoms with Gasteiger partial charge in [-0.1, -0.05) is 26.0 Å². The van der Waals surface area contributed by atoms with Gasteiger partial charge in [-0.2, -0.15) is 0 Å². The average molecular weight is 368 g/mol. The summed E-state index contributed by atoms with van der Waals surface area (Å²) in [5, 5.41) is 0. The molecule has 0 bridgehead atoms. The Morgan fingerprint density at radius 2 is 1.89 bits per heavy atom. The number of carbonyl (C=O) groups is 2. The molecule has 1 N–H and O–H groups in total. The molecule has 1 atom stereocenters. The number of carbonyl (C=O) groups excluding carboxylic acids is 2. The first kappa shape index (κ1) is 19.2. The second-order valence-electron chi connectivity index (χ2n) is 7.99. The molecule has 1 aliphatic rings. The standard InChI is InChI=1S/C22H28N2O3/c1-13(2)12-27-22(26)21-14(3)20-18(23-21)10-16(11-19(20)25)15-6-8-17(9-7-15)24(4)5/h6-9,13,16,23H,10-12H2,1-5H3/t16-/m1/s1. The van der Waals surface area contributed by atoms with Gasteiger partial charge in [-0.05, 0) is 48.4 Å². The highest BCUT2D eigenvalue weighted by molar-refractivity contribution is 6.03. The number of ketones is 1. The van der Waals surface area contributed by atoms with Gasteiger partial charge in [-0.3, -0.25) is 4.79 Å². The summed E-state index contributed by atoms with van der Waals surface area (Å²) in [7, 11) is 4.01. The van der Waals surface area contributed by atoms with Gasteiger partial charge in [0.15, 0.2) is 5.78 Å². The Kier molecular flexibility index (Phi) is 5.40. The van der Waals surface area contributed by atoms with E-state index in [2.05, 4.69) is 34.1 Å². The van der Waals surface area contributed by atoms with Crippen LogP contribution in [0.3, 0.4) is 0 Å². The topological polar surface area (TPSA) is 62.4 Å². The molecule has 1 aliphatic carbocycles. The number of fused-ring (bicyclic) bond motifs is 1. The Bertz CT molecular complexity index is 847. The maximum atomic E-state index is 12.8. The minimum absolute atomic E-state index is 0.0922. The molecule has 1 aromatic heterocycles. The van der Waals surface area contributed by atoms with E-state index < -0.39 is 0 Å². The zero-order valence-electron chi connectivity index (χ0n) is 16.8. The van der Waals surface area contributed by atoms with Crippen molar-refractivity contribution in [3.63, 3.8) is 0 Å². The summed E-state index contributed by atoms with van der Waals surface area (Å²) in [6.45, 7) is 6.19. The zero-order valence-corrected chi connectivity index (χ0v) is 16.8. The number of ether oxygens (including phenoxy) is 1. The van der Waals surface area contributed by atoms with Gasteiger partial charge in [-0.25, -0.2) is 4.79 Å². The van der Waals surface area contributed by atoms with Crippen LogP contribution in [0.1, 0.15) is 63.9 Å². The highest BCUT2D eigenvalue weighted by Crippen LogP contribution is 2.35. The molecule has 1 heterocycles. The van der Waals surface area contributed by atoms with Crippen molar-refractivity contribution in [2.75, 3.05) is 25.6 Å². The molecular weight excluding hydrogens is 340 g/mol. The number of H-pyrrole nitrogens is 1. The molecular formula is C22H28N2O3. The Balaban J connectivity index is 1.84. The van der Waals surface area contributed by atoms with E-state index in [9.17, 15) is 9.59 Å². The molecule has 5 nitrogen and oxygen atoms in total. The molecule has 0 radical (unpaired) electrons. The summed E-state index contributed by atoms with van der Waals surface area (Å²) in [5.74, 6) is 0.110. The third-order valence-corrected chi connectivity index (χ3v) is 5.12. The number of Topliss-reactive ketones (excluding diaryl/α,β-unsaturated/α-hetero) is 1. The van der Waals surface area contributed by atoms with Crippen LogP contribution >= 0.6 is 0 Å². The summed E-state index contributed by atoms with van der Waals surface area (Å²) in [4.78, 5) is 30.4. The van der Waals surface area contributed by atoms with E-state index in [1.165, 1.54) is 0 Å². The number of anilines is 1. The molecule has 0 unspecified atom stereocenters. The smallest absolute Gasteiger partial charge is 0.355 e. The van der Waals surface area contributed by atoms with E-state index in [-0.39, 0.29) is 23.6 Å². The minimum atomic E-state index is -0.379. The van der Waals surface area contributed by atoms with E-state index in [0.29, 0.717) is 29.8 Å². The van der Waals surface area contributed by atoms with Gasteiger partial charge in [0.2, 0.25) is 0 Å². The van der Waals surface area contributed by atoms with Crippen molar-refractivity contribution in [2.24, 2.45) is 5.92 Å². The Hall–Kier alpha value is -2.56. The lowest BCUT2D eigenvalue weighted by Gasteiger charge is -2.23. The van der Waals surface area contributed by atoms with E-state index in [4.69, 9.17) is 4.74 Å². The molecule has 0 aliphatic heterocycles. The van der Waals surface area contributed by atoms with Crippen LogP contribution in [-0.2, 0) is 11.2 Å². The molecule has 2 aromatic rings. The third-order valence-electron chi connectivity index (χ3n) is 5.12. The van der Waals surface area contributed by atoms with Crippen LogP contribution in [0.15, 0.2) is 24.3 Å². The Labute approximate surface area is 160 Å². The van der Waals surface area contributed by atoms with Crippen LogP contribution in [0.25, 0.3) is 0 Å². The Morgan fingerprint density at radius 1 is 1.22 bits per heavy atom. The minimum Gasteiger partial charge on any atom is -0.461 e. The molecule has 0 saturated carbocycles. The van der Waals surface area contributed by atoms with Crippen molar-refractivity contribution in [1.29, 1.82) is 0 Å². The fourth-order valence-corrected chi connectivity index (χ4v) is 3.63. The number of aromatic amines is 1. The monoisotopic (exact) mass is 368 g/mol. The zero-order chi connectivity index (χ0) is 19.7. The van der Waals surface area contributed by atoms with Gasteiger partial charge in [0.25, 0.3) is 0 Å². The number of aromatic nitrogens is 1. The van der Waals surface area contributed by atoms with Gasteiger partial charge in [0.05, 0.1) is 6.61 Å². The van der Waals surface area contributed by atoms with Gasteiger partial charge >= 0.3 is 5.97 Å². The van der Waals surface area contributed by atoms with Crippen molar-refractivity contribution in [2.45, 2.75) is 39.5 Å². The van der Waals surface area contributed by atoms with Gasteiger partial charge in [0, 0.05) is 37.5 Å². The molecule has 3 rings (SSSR count). The number of esters is 1. The van der Waals surface area contributed by atoms with Crippen molar-refractivity contribution in [3.8, 4) is 0 Å². The number of nitrogens with zero attached hydrogens (tertiary/aromatic N) is 1. The van der Waals surface area contributed by atoms with Crippen molar-refractivity contribution >= 4 is 17.4 Å². The predicted molar refractivity (Wildman–Crippen MR) is 107 cm³/mol. The quantitative estimate of drug-likeness (QED) is 0.807. The highest BCUT2D eigenvalue weighted by Gasteiger charge is 2.32. The van der Waals surface area contributed by atoms with Crippen LogP contribution in [0.4, 0.5) is 5.69 Å². The number of nitrogens with one attached hydrogen (secondary N) is 1. The van der Waals surface area contributed by atoms with E-state index in [1.54, 1.807) is 0 Å². The van der Waals surface area contributed by atoms with Crippen molar-refractivity contribution in [3.05, 3.63) is 52.3 Å². The predicted octanol–water partition coefficient (Wildman–Crippen LogP) is 4.11. The summed E-state index contributed by atoms with van der Waals surface area (Å²) in [6.07, 6.45) is 1.19. The lowest BCUT2D eigenvalue weighted by Crippen LogP contribution is -2.18. The van der Waals surface area contributed by atoms with Crippen molar-refractivity contribution in [1.82, 2.24) is 4.98 Å². The van der Waals surface area contributed by atoms with E-state index >= 15 is 0 Å². The largest absolute Gasteiger partial charge is 0.461 e. The van der Waals surface area contributed by atoms with Crippen molar-refractivity contribution < 1.29 is 14.3 Å². The normalized spacial score (nSPS) is 16.4. The summed E-state index contributed by atoms with van der Waals surface area (Å²) in [5.41, 5.74) is 4.93. The molecule has 1 aromatic carbocycles. The molecule has 5 heteroatoms. The Morgan fingerprint density at radius 3 is 2.48 bits per heavy atom. The average Bonchev–Trinajstić information content (AvgIpc) is 2.97. The summed E-state index contributed by atoms with van der Waals surface area (Å²) < 4.78 is 5.34. The summed E-state index contributed by atoms with van der Waals surface area (Å²) in [6, 6.07) is 8.33. The lowest BCUT2D eigenvalue weighted by molar-refractivity contribution is 0.0451. The lowest BCUT2D eigenvalue weighted by atomic mass is 9.81. The van der Waals surface area contributed by atoms with Crippen LogP contribution in [0.5, 0.6) is 0 Å². The third kappa shape index (κ3) is 3.92. The number of benzene rings is 1. The number of rotatable bonds is 5. The van der Waals surface area contributed by atoms with Gasteiger partial charge < -0.3 is 14.6 Å². The molecule has 144 valence electrons.